The number of nitrogens with zero attached hydrogens (tertiary/aromatic N) is 1. The van der Waals surface area contributed by atoms with Crippen LogP contribution in [0.2, 0.25) is 0 Å². The monoisotopic (exact) mass is 343 g/mol. The maximum absolute atomic E-state index is 13.1. The van der Waals surface area contributed by atoms with Gasteiger partial charge in [-0.05, 0) is 42.8 Å². The summed E-state index contributed by atoms with van der Waals surface area (Å²) < 4.78 is 45.1. The SMILES string of the molecule is CCc1ccc(-c2cc(C(F)(F)F)ccc2Oc2ccccc2)cn1. The van der Waals surface area contributed by atoms with Crippen LogP contribution in [0.25, 0.3) is 11.1 Å². The molecule has 0 N–H and O–H groups in total. The van der Waals surface area contributed by atoms with Crippen LogP contribution in [0.15, 0.2) is 66.9 Å². The number of rotatable bonds is 4. The van der Waals surface area contributed by atoms with E-state index in [0.717, 1.165) is 24.2 Å². The number of hydrogen-bond donors (Lipinski definition) is 0. The smallest absolute Gasteiger partial charge is 0.416 e. The van der Waals surface area contributed by atoms with Gasteiger partial charge in [-0.25, -0.2) is 0 Å². The van der Waals surface area contributed by atoms with Crippen molar-refractivity contribution in [1.29, 1.82) is 0 Å². The summed E-state index contributed by atoms with van der Waals surface area (Å²) in [6.07, 6.45) is -2.08. The summed E-state index contributed by atoms with van der Waals surface area (Å²) >= 11 is 0. The van der Waals surface area contributed by atoms with Crippen LogP contribution in [-0.4, -0.2) is 4.98 Å². The maximum Gasteiger partial charge on any atom is 0.416 e. The molecular weight excluding hydrogens is 327 g/mol. The minimum Gasteiger partial charge on any atom is -0.457 e. The Morgan fingerprint density at radius 3 is 2.32 bits per heavy atom. The lowest BCUT2D eigenvalue weighted by molar-refractivity contribution is -0.137. The topological polar surface area (TPSA) is 22.1 Å². The molecule has 0 bridgehead atoms. The van der Waals surface area contributed by atoms with Crippen molar-refractivity contribution in [3.63, 3.8) is 0 Å². The van der Waals surface area contributed by atoms with Gasteiger partial charge in [-0.3, -0.25) is 4.98 Å². The number of pyridine rings is 1. The summed E-state index contributed by atoms with van der Waals surface area (Å²) in [5, 5.41) is 0. The van der Waals surface area contributed by atoms with Gasteiger partial charge in [-0.2, -0.15) is 13.2 Å². The van der Waals surface area contributed by atoms with Crippen LogP contribution in [0.1, 0.15) is 18.2 Å². The van der Waals surface area contributed by atoms with E-state index in [1.54, 1.807) is 36.5 Å². The van der Waals surface area contributed by atoms with Gasteiger partial charge in [0.15, 0.2) is 0 Å². The van der Waals surface area contributed by atoms with Crippen LogP contribution < -0.4 is 4.74 Å². The fourth-order valence-electron chi connectivity index (χ4n) is 2.43. The van der Waals surface area contributed by atoms with Gasteiger partial charge in [0.05, 0.1) is 5.56 Å². The zero-order valence-electron chi connectivity index (χ0n) is 13.5. The lowest BCUT2D eigenvalue weighted by atomic mass is 10.0. The highest BCUT2D eigenvalue weighted by atomic mass is 19.4. The zero-order valence-corrected chi connectivity index (χ0v) is 13.5. The Kier molecular flexibility index (Phi) is 4.74. The quantitative estimate of drug-likeness (QED) is 0.569. The third-order valence-corrected chi connectivity index (χ3v) is 3.78. The van der Waals surface area contributed by atoms with Crippen molar-refractivity contribution in [2.75, 3.05) is 0 Å². The molecule has 0 atom stereocenters. The molecule has 5 heteroatoms. The van der Waals surface area contributed by atoms with E-state index in [0.29, 0.717) is 22.6 Å². The summed E-state index contributed by atoms with van der Waals surface area (Å²) in [7, 11) is 0. The third kappa shape index (κ3) is 3.99. The summed E-state index contributed by atoms with van der Waals surface area (Å²) in [5.74, 6) is 0.909. The number of halogens is 3. The van der Waals surface area contributed by atoms with Gasteiger partial charge in [0, 0.05) is 23.0 Å². The molecule has 2 nitrogen and oxygen atoms in total. The predicted molar refractivity (Wildman–Crippen MR) is 90.6 cm³/mol. The zero-order chi connectivity index (χ0) is 17.9. The molecule has 0 amide bonds. The van der Waals surface area contributed by atoms with E-state index in [1.807, 2.05) is 19.1 Å². The van der Waals surface area contributed by atoms with E-state index in [1.165, 1.54) is 6.07 Å². The molecule has 0 aliphatic heterocycles. The lowest BCUT2D eigenvalue weighted by Crippen LogP contribution is -2.05. The number of alkyl halides is 3. The molecule has 128 valence electrons. The Bertz CT molecular complexity index is 843. The van der Waals surface area contributed by atoms with Crippen molar-refractivity contribution in [3.05, 3.63) is 78.1 Å². The number of aromatic nitrogens is 1. The maximum atomic E-state index is 13.1. The molecule has 0 aliphatic carbocycles. The third-order valence-electron chi connectivity index (χ3n) is 3.78. The minimum atomic E-state index is -4.42. The highest BCUT2D eigenvalue weighted by Crippen LogP contribution is 2.38. The first-order valence-electron chi connectivity index (χ1n) is 7.87. The van der Waals surface area contributed by atoms with Crippen LogP contribution in [-0.2, 0) is 12.6 Å². The first-order chi connectivity index (χ1) is 12.0. The van der Waals surface area contributed by atoms with Gasteiger partial charge in [-0.1, -0.05) is 31.2 Å². The van der Waals surface area contributed by atoms with E-state index >= 15 is 0 Å². The van der Waals surface area contributed by atoms with E-state index < -0.39 is 11.7 Å². The standard InChI is InChI=1S/C20H16F3NO/c1-2-16-10-8-14(13-24-16)18-12-15(20(21,22)23)9-11-19(18)25-17-6-4-3-5-7-17/h3-13H,2H2,1H3. The highest BCUT2D eigenvalue weighted by molar-refractivity contribution is 5.71. The summed E-state index contributed by atoms with van der Waals surface area (Å²) in [6, 6.07) is 16.0. The second kappa shape index (κ2) is 6.97. The number of para-hydroxylation sites is 1. The van der Waals surface area contributed by atoms with Crippen LogP contribution in [0.5, 0.6) is 11.5 Å². The Morgan fingerprint density at radius 1 is 0.960 bits per heavy atom. The Labute approximate surface area is 143 Å². The molecular formula is C20H16F3NO. The van der Waals surface area contributed by atoms with Crippen LogP contribution in [0.4, 0.5) is 13.2 Å². The second-order valence-corrected chi connectivity index (χ2v) is 5.52. The average Bonchev–Trinajstić information content (AvgIpc) is 2.62. The molecule has 25 heavy (non-hydrogen) atoms. The lowest BCUT2D eigenvalue weighted by Gasteiger charge is -2.15. The largest absolute Gasteiger partial charge is 0.457 e. The first kappa shape index (κ1) is 17.0. The molecule has 1 heterocycles. The van der Waals surface area contributed by atoms with Gasteiger partial charge in [0.2, 0.25) is 0 Å². The van der Waals surface area contributed by atoms with E-state index in [-0.39, 0.29) is 0 Å². The molecule has 3 rings (SSSR count). The molecule has 0 saturated carbocycles. The molecule has 1 aromatic heterocycles. The summed E-state index contributed by atoms with van der Waals surface area (Å²) in [4.78, 5) is 4.28. The van der Waals surface area contributed by atoms with Gasteiger partial charge < -0.3 is 4.74 Å². The minimum absolute atomic E-state index is 0.352. The van der Waals surface area contributed by atoms with Gasteiger partial charge in [0.1, 0.15) is 11.5 Å². The Balaban J connectivity index is 2.07. The fraction of sp³-hybridized carbons (Fsp3) is 0.150. The van der Waals surface area contributed by atoms with E-state index in [9.17, 15) is 13.2 Å². The first-order valence-corrected chi connectivity index (χ1v) is 7.87. The normalized spacial score (nSPS) is 11.4. The molecule has 0 spiro atoms. The molecule has 0 fully saturated rings. The molecule has 0 radical (unpaired) electrons. The van der Waals surface area contributed by atoms with Gasteiger partial charge in [0.25, 0.3) is 0 Å². The van der Waals surface area contributed by atoms with Crippen molar-refractivity contribution >= 4 is 0 Å². The van der Waals surface area contributed by atoms with Crippen LogP contribution >= 0.6 is 0 Å². The molecule has 2 aromatic carbocycles. The fourth-order valence-corrected chi connectivity index (χ4v) is 2.43. The van der Waals surface area contributed by atoms with Crippen molar-refractivity contribution < 1.29 is 17.9 Å². The van der Waals surface area contributed by atoms with E-state index in [2.05, 4.69) is 4.98 Å². The van der Waals surface area contributed by atoms with Crippen molar-refractivity contribution in [1.82, 2.24) is 4.98 Å². The Hall–Kier alpha value is -2.82. The molecule has 0 unspecified atom stereocenters. The van der Waals surface area contributed by atoms with Crippen LogP contribution in [0.3, 0.4) is 0 Å². The van der Waals surface area contributed by atoms with Gasteiger partial charge >= 0.3 is 6.18 Å². The number of hydrogen-bond acceptors (Lipinski definition) is 2. The highest BCUT2D eigenvalue weighted by Gasteiger charge is 2.31. The molecule has 0 aliphatic rings. The second-order valence-electron chi connectivity index (χ2n) is 5.52. The van der Waals surface area contributed by atoms with Crippen LogP contribution in [0, 0.1) is 0 Å². The molecule has 0 saturated heterocycles. The van der Waals surface area contributed by atoms with E-state index in [4.69, 9.17) is 4.74 Å². The van der Waals surface area contributed by atoms with Crippen molar-refractivity contribution in [2.45, 2.75) is 19.5 Å². The number of ether oxygens (including phenoxy) is 1. The molecule has 3 aromatic rings. The average molecular weight is 343 g/mol. The Morgan fingerprint density at radius 2 is 1.72 bits per heavy atom. The van der Waals surface area contributed by atoms with Crippen molar-refractivity contribution in [2.24, 2.45) is 0 Å². The summed E-state index contributed by atoms with van der Waals surface area (Å²) in [6.45, 7) is 1.97. The summed E-state index contributed by atoms with van der Waals surface area (Å²) in [5.41, 5.74) is 1.09. The van der Waals surface area contributed by atoms with Gasteiger partial charge in [-0.15, -0.1) is 0 Å². The number of benzene rings is 2. The van der Waals surface area contributed by atoms with Crippen molar-refractivity contribution in [3.8, 4) is 22.6 Å². The predicted octanol–water partition coefficient (Wildman–Crippen LogP) is 6.12. The number of aryl methyl sites for hydroxylation is 1.